The number of aliphatic hydroxyl groups is 2. The van der Waals surface area contributed by atoms with Gasteiger partial charge in [-0.05, 0) is 19.1 Å². The van der Waals surface area contributed by atoms with Gasteiger partial charge >= 0.3 is 0 Å². The third-order valence-corrected chi connectivity index (χ3v) is 2.99. The molecule has 0 aliphatic carbocycles. The molecule has 4 N–H and O–H groups in total. The summed E-state index contributed by atoms with van der Waals surface area (Å²) in [6.07, 6.45) is 0. The first kappa shape index (κ1) is 16.2. The molecule has 19 heavy (non-hydrogen) atoms. The molecule has 1 unspecified atom stereocenters. The normalized spacial score (nSPS) is 13.9. The Balaban J connectivity index is 2.48. The zero-order valence-corrected chi connectivity index (χ0v) is 11.9. The van der Waals surface area contributed by atoms with E-state index in [1.165, 1.54) is 6.92 Å². The molecule has 0 fully saturated rings. The number of carbonyl (C=O) groups is 1. The highest BCUT2D eigenvalue weighted by atomic mass is 35.5. The Bertz CT molecular complexity index is 432. The molecular formula is C12H16Cl2N2O3. The van der Waals surface area contributed by atoms with E-state index in [4.69, 9.17) is 28.3 Å². The van der Waals surface area contributed by atoms with Crippen molar-refractivity contribution in [2.24, 2.45) is 0 Å². The van der Waals surface area contributed by atoms with Crippen LogP contribution in [0, 0.1) is 0 Å². The average Bonchev–Trinajstić information content (AvgIpc) is 2.34. The van der Waals surface area contributed by atoms with Crippen molar-refractivity contribution in [1.82, 2.24) is 5.32 Å². The Morgan fingerprint density at radius 1 is 1.37 bits per heavy atom. The quantitative estimate of drug-likeness (QED) is 0.638. The second-order valence-corrected chi connectivity index (χ2v) is 5.22. The van der Waals surface area contributed by atoms with Gasteiger partial charge in [-0.3, -0.25) is 4.79 Å². The molecule has 1 amide bonds. The molecule has 0 aliphatic heterocycles. The lowest BCUT2D eigenvalue weighted by molar-refractivity contribution is -0.115. The van der Waals surface area contributed by atoms with Gasteiger partial charge in [0.05, 0.1) is 34.5 Å². The van der Waals surface area contributed by atoms with Gasteiger partial charge in [0, 0.05) is 6.54 Å². The number of aliphatic hydroxyl groups excluding tert-OH is 1. The van der Waals surface area contributed by atoms with Crippen LogP contribution in [0.25, 0.3) is 0 Å². The van der Waals surface area contributed by atoms with Gasteiger partial charge in [-0.25, -0.2) is 0 Å². The Hall–Kier alpha value is -0.850. The monoisotopic (exact) mass is 306 g/mol. The molecule has 0 saturated carbocycles. The van der Waals surface area contributed by atoms with E-state index in [0.717, 1.165) is 0 Å². The summed E-state index contributed by atoms with van der Waals surface area (Å²) in [6.45, 7) is 1.13. The van der Waals surface area contributed by atoms with Crippen LogP contribution < -0.4 is 10.6 Å². The minimum absolute atomic E-state index is 0.0301. The summed E-state index contributed by atoms with van der Waals surface area (Å²) in [4.78, 5) is 11.7. The zero-order valence-electron chi connectivity index (χ0n) is 10.4. The van der Waals surface area contributed by atoms with Gasteiger partial charge in [-0.2, -0.15) is 0 Å². The number of halogens is 2. The summed E-state index contributed by atoms with van der Waals surface area (Å²) < 4.78 is 0. The van der Waals surface area contributed by atoms with Crippen LogP contribution in [0.2, 0.25) is 10.0 Å². The summed E-state index contributed by atoms with van der Waals surface area (Å²) >= 11 is 11.8. The summed E-state index contributed by atoms with van der Waals surface area (Å²) in [6, 6.07) is 4.91. The first-order valence-electron chi connectivity index (χ1n) is 5.63. The number of para-hydroxylation sites is 1. The molecule has 106 valence electrons. The Morgan fingerprint density at radius 3 is 2.47 bits per heavy atom. The number of nitrogens with one attached hydrogen (secondary N) is 2. The first-order valence-corrected chi connectivity index (χ1v) is 6.39. The molecule has 1 aromatic rings. The van der Waals surface area contributed by atoms with Crippen molar-refractivity contribution in [2.75, 3.05) is 25.0 Å². The molecule has 0 radical (unpaired) electrons. The van der Waals surface area contributed by atoms with Crippen molar-refractivity contribution in [1.29, 1.82) is 0 Å². The van der Waals surface area contributed by atoms with Crippen LogP contribution in [0.15, 0.2) is 18.2 Å². The van der Waals surface area contributed by atoms with E-state index in [0.29, 0.717) is 15.7 Å². The van der Waals surface area contributed by atoms with Crippen molar-refractivity contribution < 1.29 is 15.0 Å². The number of hydrogen-bond acceptors (Lipinski definition) is 4. The highest BCUT2D eigenvalue weighted by molar-refractivity contribution is 6.39. The fraction of sp³-hybridized carbons (Fsp3) is 0.417. The maximum atomic E-state index is 11.7. The molecule has 0 heterocycles. The van der Waals surface area contributed by atoms with Gasteiger partial charge in [0.15, 0.2) is 0 Å². The van der Waals surface area contributed by atoms with Crippen LogP contribution >= 0.6 is 23.2 Å². The van der Waals surface area contributed by atoms with Gasteiger partial charge in [0.25, 0.3) is 0 Å². The molecule has 1 atom stereocenters. The van der Waals surface area contributed by atoms with Crippen molar-refractivity contribution >= 4 is 34.8 Å². The molecule has 0 bridgehead atoms. The van der Waals surface area contributed by atoms with Crippen molar-refractivity contribution in [3.8, 4) is 0 Å². The summed E-state index contributed by atoms with van der Waals surface area (Å²) in [5.41, 5.74) is -0.908. The van der Waals surface area contributed by atoms with Crippen LogP contribution in [0.3, 0.4) is 0 Å². The van der Waals surface area contributed by atoms with Crippen molar-refractivity contribution in [3.05, 3.63) is 28.2 Å². The molecule has 5 nitrogen and oxygen atoms in total. The van der Waals surface area contributed by atoms with Crippen LogP contribution in [0.1, 0.15) is 6.92 Å². The van der Waals surface area contributed by atoms with E-state index in [2.05, 4.69) is 10.6 Å². The average molecular weight is 307 g/mol. The van der Waals surface area contributed by atoms with Gasteiger partial charge in [-0.1, -0.05) is 29.3 Å². The van der Waals surface area contributed by atoms with Gasteiger partial charge in [0.2, 0.25) is 5.91 Å². The molecule has 7 heteroatoms. The third-order valence-electron chi connectivity index (χ3n) is 2.36. The van der Waals surface area contributed by atoms with Gasteiger partial charge in [0.1, 0.15) is 0 Å². The standard InChI is InChI=1S/C12H16Cl2N2O3/c1-12(19,7-17)6-15-5-10(18)16-11-8(13)3-2-4-9(11)14/h2-4,15,17,19H,5-7H2,1H3,(H,16,18). The molecular weight excluding hydrogens is 291 g/mol. The maximum absolute atomic E-state index is 11.7. The van der Waals surface area contributed by atoms with E-state index < -0.39 is 12.2 Å². The van der Waals surface area contributed by atoms with Crippen molar-refractivity contribution in [3.63, 3.8) is 0 Å². The minimum atomic E-state index is -1.26. The van der Waals surface area contributed by atoms with Crippen LogP contribution in [-0.4, -0.2) is 41.4 Å². The largest absolute Gasteiger partial charge is 0.393 e. The fourth-order valence-corrected chi connectivity index (χ4v) is 1.79. The van der Waals surface area contributed by atoms with Crippen LogP contribution in [0.5, 0.6) is 0 Å². The molecule has 0 aromatic heterocycles. The van der Waals surface area contributed by atoms with Crippen LogP contribution in [-0.2, 0) is 4.79 Å². The highest BCUT2D eigenvalue weighted by Gasteiger charge is 2.18. The van der Waals surface area contributed by atoms with E-state index in [1.54, 1.807) is 18.2 Å². The number of amides is 1. The second kappa shape index (κ2) is 7.07. The van der Waals surface area contributed by atoms with Gasteiger partial charge in [-0.15, -0.1) is 0 Å². The molecule has 1 rings (SSSR count). The lowest BCUT2D eigenvalue weighted by atomic mass is 10.1. The van der Waals surface area contributed by atoms with E-state index in [1.807, 2.05) is 0 Å². The van der Waals surface area contributed by atoms with E-state index in [9.17, 15) is 9.90 Å². The summed E-state index contributed by atoms with van der Waals surface area (Å²) in [5, 5.41) is 24.4. The lowest BCUT2D eigenvalue weighted by Crippen LogP contribution is -2.43. The fourth-order valence-electron chi connectivity index (χ4n) is 1.30. The predicted octanol–water partition coefficient (Wildman–Crippen LogP) is 1.26. The van der Waals surface area contributed by atoms with E-state index in [-0.39, 0.29) is 19.0 Å². The van der Waals surface area contributed by atoms with Gasteiger partial charge < -0.3 is 20.8 Å². The lowest BCUT2D eigenvalue weighted by Gasteiger charge is -2.20. The number of hydrogen-bond donors (Lipinski definition) is 4. The van der Waals surface area contributed by atoms with Crippen LogP contribution in [0.4, 0.5) is 5.69 Å². The highest BCUT2D eigenvalue weighted by Crippen LogP contribution is 2.29. The zero-order chi connectivity index (χ0) is 14.5. The Labute approximate surface area is 121 Å². The van der Waals surface area contributed by atoms with Crippen molar-refractivity contribution in [2.45, 2.75) is 12.5 Å². The second-order valence-electron chi connectivity index (χ2n) is 4.40. The molecule has 0 spiro atoms. The number of benzene rings is 1. The summed E-state index contributed by atoms with van der Waals surface area (Å²) in [5.74, 6) is -0.344. The number of anilines is 1. The smallest absolute Gasteiger partial charge is 0.238 e. The Morgan fingerprint density at radius 2 is 1.95 bits per heavy atom. The number of rotatable bonds is 6. The number of carbonyl (C=O) groups excluding carboxylic acids is 1. The molecule has 0 saturated heterocycles. The first-order chi connectivity index (χ1) is 8.85. The minimum Gasteiger partial charge on any atom is -0.393 e. The third kappa shape index (κ3) is 5.34. The maximum Gasteiger partial charge on any atom is 0.238 e. The SMILES string of the molecule is CC(O)(CO)CNCC(=O)Nc1c(Cl)cccc1Cl. The van der Waals surface area contributed by atoms with E-state index >= 15 is 0 Å². The predicted molar refractivity (Wildman–Crippen MR) is 75.7 cm³/mol. The molecule has 1 aromatic carbocycles. The molecule has 0 aliphatic rings. The Kier molecular flexibility index (Phi) is 6.03. The summed E-state index contributed by atoms with van der Waals surface area (Å²) in [7, 11) is 0. The topological polar surface area (TPSA) is 81.6 Å².